The molecule has 0 radical (unpaired) electrons. The summed E-state index contributed by atoms with van der Waals surface area (Å²) >= 11 is 6.07. The lowest BCUT2D eigenvalue weighted by atomic mass is 10.1. The summed E-state index contributed by atoms with van der Waals surface area (Å²) < 4.78 is 1.54. The number of halogens is 1. The summed E-state index contributed by atoms with van der Waals surface area (Å²) in [4.78, 5) is 0. The summed E-state index contributed by atoms with van der Waals surface area (Å²) in [5.41, 5.74) is 0.294. The average molecular weight is 238 g/mol. The first-order valence-corrected chi connectivity index (χ1v) is 5.26. The number of hydrogen-bond acceptors (Lipinski definition) is 3. The van der Waals surface area contributed by atoms with Crippen LogP contribution in [0.15, 0.2) is 30.5 Å². The molecule has 0 saturated heterocycles. The van der Waals surface area contributed by atoms with Crippen molar-refractivity contribution in [1.82, 2.24) is 15.0 Å². The Morgan fingerprint density at radius 3 is 2.62 bits per heavy atom. The zero-order valence-electron chi connectivity index (χ0n) is 9.05. The van der Waals surface area contributed by atoms with Crippen LogP contribution in [-0.2, 0) is 5.60 Å². The van der Waals surface area contributed by atoms with Crippen molar-refractivity contribution >= 4 is 11.6 Å². The predicted octanol–water partition coefficient (Wildman–Crippen LogP) is 2.15. The van der Waals surface area contributed by atoms with Crippen molar-refractivity contribution in [1.29, 1.82) is 0 Å². The van der Waals surface area contributed by atoms with Crippen LogP contribution in [0.1, 0.15) is 19.5 Å². The fourth-order valence-corrected chi connectivity index (χ4v) is 1.67. The lowest BCUT2D eigenvalue weighted by Gasteiger charge is -2.18. The maximum absolute atomic E-state index is 9.97. The Labute approximate surface area is 98.5 Å². The Hall–Kier alpha value is -1.39. The molecule has 0 amide bonds. The summed E-state index contributed by atoms with van der Waals surface area (Å²) in [6, 6.07) is 7.29. The minimum atomic E-state index is -1.01. The normalized spacial score (nSPS) is 11.8. The summed E-state index contributed by atoms with van der Waals surface area (Å²) in [7, 11) is 0. The molecule has 0 aliphatic rings. The lowest BCUT2D eigenvalue weighted by Crippen LogP contribution is -2.20. The standard InChI is InChI=1S/C11H12ClN3O/c1-11(2,16)10-7-13-14-15(10)9-6-4-3-5-8(9)12/h3-7,16H,1-2H3. The third-order valence-corrected chi connectivity index (χ3v) is 2.58. The highest BCUT2D eigenvalue weighted by Gasteiger charge is 2.23. The van der Waals surface area contributed by atoms with Gasteiger partial charge in [-0.1, -0.05) is 28.9 Å². The van der Waals surface area contributed by atoms with Gasteiger partial charge in [0.2, 0.25) is 0 Å². The van der Waals surface area contributed by atoms with Crippen molar-refractivity contribution in [2.75, 3.05) is 0 Å². The molecule has 0 saturated carbocycles. The Balaban J connectivity index is 2.58. The van der Waals surface area contributed by atoms with E-state index in [2.05, 4.69) is 10.3 Å². The first-order valence-electron chi connectivity index (χ1n) is 4.88. The fraction of sp³-hybridized carbons (Fsp3) is 0.273. The Morgan fingerprint density at radius 2 is 2.00 bits per heavy atom. The van der Waals surface area contributed by atoms with E-state index >= 15 is 0 Å². The van der Waals surface area contributed by atoms with Gasteiger partial charge in [0, 0.05) is 0 Å². The molecule has 0 spiro atoms. The van der Waals surface area contributed by atoms with Crippen LogP contribution in [-0.4, -0.2) is 20.1 Å². The van der Waals surface area contributed by atoms with Gasteiger partial charge in [-0.2, -0.15) is 0 Å². The second-order valence-corrected chi connectivity index (χ2v) is 4.45. The number of aromatic nitrogens is 3. The Kier molecular flexibility index (Phi) is 2.69. The number of aliphatic hydroxyl groups is 1. The van der Waals surface area contributed by atoms with Gasteiger partial charge in [0.05, 0.1) is 22.6 Å². The van der Waals surface area contributed by atoms with Crippen molar-refractivity contribution in [3.05, 3.63) is 41.2 Å². The van der Waals surface area contributed by atoms with Crippen molar-refractivity contribution in [3.63, 3.8) is 0 Å². The van der Waals surface area contributed by atoms with Crippen LogP contribution in [0.5, 0.6) is 0 Å². The van der Waals surface area contributed by atoms with Crippen LogP contribution in [0.25, 0.3) is 5.69 Å². The smallest absolute Gasteiger partial charge is 0.103 e. The van der Waals surface area contributed by atoms with E-state index < -0.39 is 5.60 Å². The molecule has 4 nitrogen and oxygen atoms in total. The molecule has 2 aromatic rings. The van der Waals surface area contributed by atoms with Gasteiger partial charge in [-0.25, -0.2) is 4.68 Å². The second-order valence-electron chi connectivity index (χ2n) is 4.04. The highest BCUT2D eigenvalue weighted by molar-refractivity contribution is 6.32. The summed E-state index contributed by atoms with van der Waals surface area (Å²) in [5, 5.41) is 18.3. The van der Waals surface area contributed by atoms with Gasteiger partial charge < -0.3 is 5.11 Å². The summed E-state index contributed by atoms with van der Waals surface area (Å²) in [5.74, 6) is 0. The minimum Gasteiger partial charge on any atom is -0.384 e. The number of hydrogen-bond donors (Lipinski definition) is 1. The largest absolute Gasteiger partial charge is 0.384 e. The van der Waals surface area contributed by atoms with E-state index in [1.807, 2.05) is 18.2 Å². The molecule has 0 fully saturated rings. The summed E-state index contributed by atoms with van der Waals surface area (Å²) in [6.45, 7) is 3.36. The average Bonchev–Trinajstić information content (AvgIpc) is 2.66. The van der Waals surface area contributed by atoms with Gasteiger partial charge in [-0.05, 0) is 26.0 Å². The first-order chi connectivity index (χ1) is 7.50. The predicted molar refractivity (Wildman–Crippen MR) is 61.6 cm³/mol. The minimum absolute atomic E-state index is 0.568. The van der Waals surface area contributed by atoms with Crippen LogP contribution in [0, 0.1) is 0 Å². The first kappa shape index (κ1) is 11.1. The highest BCUT2D eigenvalue weighted by Crippen LogP contribution is 2.25. The van der Waals surface area contributed by atoms with Crippen LogP contribution in [0.2, 0.25) is 5.02 Å². The fourth-order valence-electron chi connectivity index (χ4n) is 1.45. The van der Waals surface area contributed by atoms with Gasteiger partial charge in [0.15, 0.2) is 0 Å². The third kappa shape index (κ3) is 1.94. The van der Waals surface area contributed by atoms with Gasteiger partial charge in [-0.15, -0.1) is 5.10 Å². The zero-order chi connectivity index (χ0) is 11.8. The van der Waals surface area contributed by atoms with Crippen LogP contribution in [0.3, 0.4) is 0 Å². The van der Waals surface area contributed by atoms with E-state index in [9.17, 15) is 5.11 Å². The molecule has 16 heavy (non-hydrogen) atoms. The van der Waals surface area contributed by atoms with Gasteiger partial charge in [0.1, 0.15) is 5.60 Å². The number of benzene rings is 1. The van der Waals surface area contributed by atoms with Crippen molar-refractivity contribution in [2.45, 2.75) is 19.4 Å². The molecule has 1 heterocycles. The van der Waals surface area contributed by atoms with E-state index in [-0.39, 0.29) is 0 Å². The molecule has 84 valence electrons. The van der Waals surface area contributed by atoms with Crippen LogP contribution < -0.4 is 0 Å². The van der Waals surface area contributed by atoms with Gasteiger partial charge in [-0.3, -0.25) is 0 Å². The molecule has 0 aliphatic heterocycles. The number of rotatable bonds is 2. The van der Waals surface area contributed by atoms with Crippen LogP contribution in [0.4, 0.5) is 0 Å². The molecule has 0 bridgehead atoms. The van der Waals surface area contributed by atoms with Crippen LogP contribution >= 0.6 is 11.6 Å². The molecular formula is C11H12ClN3O. The molecule has 1 aromatic carbocycles. The second kappa shape index (κ2) is 3.88. The van der Waals surface area contributed by atoms with Gasteiger partial charge >= 0.3 is 0 Å². The molecule has 1 aromatic heterocycles. The highest BCUT2D eigenvalue weighted by atomic mass is 35.5. The van der Waals surface area contributed by atoms with Gasteiger partial charge in [0.25, 0.3) is 0 Å². The monoisotopic (exact) mass is 237 g/mol. The maximum Gasteiger partial charge on any atom is 0.103 e. The molecule has 0 unspecified atom stereocenters. The third-order valence-electron chi connectivity index (χ3n) is 2.26. The Morgan fingerprint density at radius 1 is 1.31 bits per heavy atom. The van der Waals surface area contributed by atoms with E-state index in [4.69, 9.17) is 11.6 Å². The zero-order valence-corrected chi connectivity index (χ0v) is 9.81. The molecule has 1 N–H and O–H groups in total. The number of nitrogens with zero attached hydrogens (tertiary/aromatic N) is 3. The quantitative estimate of drug-likeness (QED) is 0.871. The lowest BCUT2D eigenvalue weighted by molar-refractivity contribution is 0.0711. The van der Waals surface area contributed by atoms with Crippen molar-refractivity contribution in [2.24, 2.45) is 0 Å². The maximum atomic E-state index is 9.97. The van der Waals surface area contributed by atoms with E-state index in [0.29, 0.717) is 16.4 Å². The SMILES string of the molecule is CC(C)(O)c1cnnn1-c1ccccc1Cl. The van der Waals surface area contributed by atoms with E-state index in [1.54, 1.807) is 24.6 Å². The number of para-hydroxylation sites is 1. The Bertz CT molecular complexity index is 502. The topological polar surface area (TPSA) is 50.9 Å². The van der Waals surface area contributed by atoms with Crippen molar-refractivity contribution in [3.8, 4) is 5.69 Å². The molecule has 5 heteroatoms. The van der Waals surface area contributed by atoms with E-state index in [0.717, 1.165) is 0 Å². The van der Waals surface area contributed by atoms with E-state index in [1.165, 1.54) is 6.20 Å². The summed E-state index contributed by atoms with van der Waals surface area (Å²) in [6.07, 6.45) is 1.53. The molecule has 0 aliphatic carbocycles. The molecule has 2 rings (SSSR count). The molecular weight excluding hydrogens is 226 g/mol. The van der Waals surface area contributed by atoms with Crippen molar-refractivity contribution < 1.29 is 5.11 Å². The molecule has 0 atom stereocenters.